The minimum absolute atomic E-state index is 0.558. The summed E-state index contributed by atoms with van der Waals surface area (Å²) < 4.78 is 0. The monoisotopic (exact) mass is 239 g/mol. The predicted octanol–water partition coefficient (Wildman–Crippen LogP) is 4.83. The van der Waals surface area contributed by atoms with Crippen LogP contribution in [-0.4, -0.2) is 7.05 Å². The van der Waals surface area contributed by atoms with E-state index in [4.69, 9.17) is 0 Å². The first-order valence-electron chi connectivity index (χ1n) is 6.51. The van der Waals surface area contributed by atoms with Crippen LogP contribution in [0.15, 0.2) is 42.5 Å². The second kappa shape index (κ2) is 5.26. The van der Waals surface area contributed by atoms with Crippen molar-refractivity contribution in [3.8, 4) is 11.1 Å². The van der Waals surface area contributed by atoms with Crippen molar-refractivity contribution in [2.24, 2.45) is 0 Å². The summed E-state index contributed by atoms with van der Waals surface area (Å²) in [5, 5.41) is 3.32. The second-order valence-corrected chi connectivity index (χ2v) is 5.02. The Hall–Kier alpha value is -1.76. The zero-order chi connectivity index (χ0) is 13.1. The van der Waals surface area contributed by atoms with Gasteiger partial charge in [-0.15, -0.1) is 0 Å². The van der Waals surface area contributed by atoms with Gasteiger partial charge in [-0.05, 0) is 35.6 Å². The highest BCUT2D eigenvalue weighted by Crippen LogP contribution is 2.32. The molecule has 1 heteroatoms. The van der Waals surface area contributed by atoms with Crippen LogP contribution in [-0.2, 0) is 0 Å². The summed E-state index contributed by atoms with van der Waals surface area (Å²) in [5.74, 6) is 0.558. The molecule has 0 bridgehead atoms. The summed E-state index contributed by atoms with van der Waals surface area (Å²) in [5.41, 5.74) is 6.47. The Kier molecular flexibility index (Phi) is 3.71. The van der Waals surface area contributed by atoms with E-state index in [9.17, 15) is 0 Å². The van der Waals surface area contributed by atoms with E-state index < -0.39 is 0 Å². The maximum atomic E-state index is 3.32. The molecule has 2 aromatic carbocycles. The fraction of sp³-hybridized carbons (Fsp3) is 0.294. The second-order valence-electron chi connectivity index (χ2n) is 5.02. The Morgan fingerprint density at radius 3 is 2.28 bits per heavy atom. The minimum Gasteiger partial charge on any atom is -0.388 e. The Balaban J connectivity index is 2.55. The van der Waals surface area contributed by atoms with Gasteiger partial charge in [-0.1, -0.05) is 50.2 Å². The Morgan fingerprint density at radius 2 is 1.67 bits per heavy atom. The van der Waals surface area contributed by atoms with Gasteiger partial charge in [0, 0.05) is 18.3 Å². The molecule has 0 aromatic heterocycles. The molecular formula is C17H21N. The fourth-order valence-electron chi connectivity index (χ4n) is 2.24. The molecule has 1 N–H and O–H groups in total. The van der Waals surface area contributed by atoms with Crippen molar-refractivity contribution < 1.29 is 0 Å². The molecule has 0 saturated carbocycles. The third kappa shape index (κ3) is 2.40. The number of benzene rings is 2. The van der Waals surface area contributed by atoms with Crippen molar-refractivity contribution in [1.29, 1.82) is 0 Å². The molecule has 0 aliphatic carbocycles. The normalized spacial score (nSPS) is 10.7. The average molecular weight is 239 g/mol. The molecule has 2 aromatic rings. The van der Waals surface area contributed by atoms with E-state index in [-0.39, 0.29) is 0 Å². The molecular weight excluding hydrogens is 218 g/mol. The van der Waals surface area contributed by atoms with Crippen molar-refractivity contribution >= 4 is 5.69 Å². The van der Waals surface area contributed by atoms with Crippen LogP contribution in [0.2, 0.25) is 0 Å². The summed E-state index contributed by atoms with van der Waals surface area (Å²) >= 11 is 0. The van der Waals surface area contributed by atoms with E-state index in [0.29, 0.717) is 5.92 Å². The van der Waals surface area contributed by atoms with E-state index in [2.05, 4.69) is 68.6 Å². The largest absolute Gasteiger partial charge is 0.388 e. The first-order valence-corrected chi connectivity index (χ1v) is 6.51. The van der Waals surface area contributed by atoms with Crippen LogP contribution in [0.25, 0.3) is 11.1 Å². The van der Waals surface area contributed by atoms with E-state index in [0.717, 1.165) is 0 Å². The van der Waals surface area contributed by atoms with Crippen molar-refractivity contribution in [3.05, 3.63) is 53.6 Å². The third-order valence-electron chi connectivity index (χ3n) is 3.41. The molecule has 0 radical (unpaired) electrons. The lowest BCUT2D eigenvalue weighted by molar-refractivity contribution is 0.867. The highest BCUT2D eigenvalue weighted by Gasteiger charge is 2.08. The molecule has 0 spiro atoms. The van der Waals surface area contributed by atoms with Crippen molar-refractivity contribution in [2.75, 3.05) is 12.4 Å². The quantitative estimate of drug-likeness (QED) is 0.809. The van der Waals surface area contributed by atoms with Crippen molar-refractivity contribution in [3.63, 3.8) is 0 Å². The number of hydrogen-bond donors (Lipinski definition) is 1. The van der Waals surface area contributed by atoms with Gasteiger partial charge in [0.05, 0.1) is 0 Å². The zero-order valence-corrected chi connectivity index (χ0v) is 11.6. The lowest BCUT2D eigenvalue weighted by Crippen LogP contribution is -1.96. The fourth-order valence-corrected chi connectivity index (χ4v) is 2.24. The van der Waals surface area contributed by atoms with Crippen LogP contribution in [0, 0.1) is 6.92 Å². The molecule has 0 aliphatic heterocycles. The standard InChI is InChI=1S/C17H21N/c1-12(2)14-9-10-16(17(11-14)18-4)15-8-6-5-7-13(15)3/h5-12,18H,1-4H3. The number of anilines is 1. The summed E-state index contributed by atoms with van der Waals surface area (Å²) in [6.07, 6.45) is 0. The molecule has 0 saturated heterocycles. The SMILES string of the molecule is CNc1cc(C(C)C)ccc1-c1ccccc1C. The van der Waals surface area contributed by atoms with E-state index in [1.807, 2.05) is 7.05 Å². The van der Waals surface area contributed by atoms with Gasteiger partial charge < -0.3 is 5.32 Å². The van der Waals surface area contributed by atoms with Gasteiger partial charge in [0.25, 0.3) is 0 Å². The van der Waals surface area contributed by atoms with Gasteiger partial charge in [-0.2, -0.15) is 0 Å². The van der Waals surface area contributed by atoms with Crippen molar-refractivity contribution in [2.45, 2.75) is 26.7 Å². The van der Waals surface area contributed by atoms with Crippen LogP contribution < -0.4 is 5.32 Å². The average Bonchev–Trinajstić information content (AvgIpc) is 2.38. The first-order chi connectivity index (χ1) is 8.63. The lowest BCUT2D eigenvalue weighted by atomic mass is 9.94. The highest BCUT2D eigenvalue weighted by atomic mass is 14.8. The summed E-state index contributed by atoms with van der Waals surface area (Å²) in [7, 11) is 1.99. The molecule has 0 fully saturated rings. The van der Waals surface area contributed by atoms with E-state index in [1.54, 1.807) is 0 Å². The molecule has 0 atom stereocenters. The van der Waals surface area contributed by atoms with Gasteiger partial charge in [0.1, 0.15) is 0 Å². The number of aryl methyl sites for hydroxylation is 1. The van der Waals surface area contributed by atoms with Gasteiger partial charge in [0.2, 0.25) is 0 Å². The van der Waals surface area contributed by atoms with Crippen LogP contribution in [0.3, 0.4) is 0 Å². The minimum atomic E-state index is 0.558. The molecule has 1 nitrogen and oxygen atoms in total. The summed E-state index contributed by atoms with van der Waals surface area (Å²) in [6, 6.07) is 15.2. The predicted molar refractivity (Wildman–Crippen MR) is 80.3 cm³/mol. The molecule has 18 heavy (non-hydrogen) atoms. The highest BCUT2D eigenvalue weighted by molar-refractivity contribution is 5.80. The van der Waals surface area contributed by atoms with Crippen LogP contribution >= 0.6 is 0 Å². The van der Waals surface area contributed by atoms with Gasteiger partial charge in [-0.25, -0.2) is 0 Å². The van der Waals surface area contributed by atoms with E-state index >= 15 is 0 Å². The van der Waals surface area contributed by atoms with Gasteiger partial charge in [0.15, 0.2) is 0 Å². The first kappa shape index (κ1) is 12.7. The zero-order valence-electron chi connectivity index (χ0n) is 11.6. The molecule has 0 unspecified atom stereocenters. The topological polar surface area (TPSA) is 12.0 Å². The number of rotatable bonds is 3. The van der Waals surface area contributed by atoms with Crippen LogP contribution in [0.4, 0.5) is 5.69 Å². The Morgan fingerprint density at radius 1 is 0.944 bits per heavy atom. The summed E-state index contributed by atoms with van der Waals surface area (Å²) in [4.78, 5) is 0. The molecule has 0 amide bonds. The Labute approximate surface area is 110 Å². The summed E-state index contributed by atoms with van der Waals surface area (Å²) in [6.45, 7) is 6.61. The smallest absolute Gasteiger partial charge is 0.0420 e. The molecule has 0 heterocycles. The molecule has 94 valence electrons. The molecule has 2 rings (SSSR count). The Bertz CT molecular complexity index is 541. The lowest BCUT2D eigenvalue weighted by Gasteiger charge is -2.15. The van der Waals surface area contributed by atoms with Crippen LogP contribution in [0.1, 0.15) is 30.9 Å². The number of nitrogens with one attached hydrogen (secondary N) is 1. The van der Waals surface area contributed by atoms with E-state index in [1.165, 1.54) is 27.9 Å². The van der Waals surface area contributed by atoms with Crippen molar-refractivity contribution in [1.82, 2.24) is 0 Å². The molecule has 0 aliphatic rings. The van der Waals surface area contributed by atoms with Gasteiger partial charge in [-0.3, -0.25) is 0 Å². The van der Waals surface area contributed by atoms with Crippen LogP contribution in [0.5, 0.6) is 0 Å². The van der Waals surface area contributed by atoms with Gasteiger partial charge >= 0.3 is 0 Å². The maximum absolute atomic E-state index is 3.32. The third-order valence-corrected chi connectivity index (χ3v) is 3.41. The number of hydrogen-bond acceptors (Lipinski definition) is 1. The maximum Gasteiger partial charge on any atom is 0.0420 e.